The van der Waals surface area contributed by atoms with Crippen molar-refractivity contribution >= 4 is 5.91 Å². The molecule has 0 radical (unpaired) electrons. The highest BCUT2D eigenvalue weighted by Gasteiger charge is 2.44. The predicted molar refractivity (Wildman–Crippen MR) is 65.6 cm³/mol. The Morgan fingerprint density at radius 2 is 2.18 bits per heavy atom. The van der Waals surface area contributed by atoms with Crippen molar-refractivity contribution in [2.24, 2.45) is 5.92 Å². The summed E-state index contributed by atoms with van der Waals surface area (Å²) in [6.45, 7) is 2.30. The first kappa shape index (κ1) is 10.8. The summed E-state index contributed by atoms with van der Waals surface area (Å²) in [6.07, 6.45) is 6.47. The molecule has 3 aliphatic rings. The van der Waals surface area contributed by atoms with Crippen LogP contribution in [0, 0.1) is 5.92 Å². The molecule has 3 atom stereocenters. The molecule has 0 aromatic carbocycles. The zero-order chi connectivity index (χ0) is 11.8. The smallest absolute Gasteiger partial charge is 0.272 e. The Kier molecular flexibility index (Phi) is 2.61. The van der Waals surface area contributed by atoms with E-state index in [0.717, 1.165) is 18.8 Å². The van der Waals surface area contributed by atoms with Crippen molar-refractivity contribution in [1.82, 2.24) is 9.88 Å². The molecule has 0 spiro atoms. The maximum Gasteiger partial charge on any atom is 0.272 e. The van der Waals surface area contributed by atoms with Crippen molar-refractivity contribution in [3.8, 4) is 0 Å². The minimum absolute atomic E-state index is 0.126. The van der Waals surface area contributed by atoms with Crippen LogP contribution in [0.15, 0.2) is 24.4 Å². The largest absolute Gasteiger partial charge is 0.331 e. The molecule has 3 fully saturated rings. The van der Waals surface area contributed by atoms with Crippen molar-refractivity contribution in [1.29, 1.82) is 0 Å². The van der Waals surface area contributed by atoms with E-state index in [1.807, 2.05) is 18.2 Å². The fourth-order valence-electron chi connectivity index (χ4n) is 3.18. The number of nitrogens with zero attached hydrogens (tertiary/aromatic N) is 2. The summed E-state index contributed by atoms with van der Waals surface area (Å²) in [7, 11) is 0. The first-order valence-electron chi connectivity index (χ1n) is 6.49. The van der Waals surface area contributed by atoms with Gasteiger partial charge in [-0.2, -0.15) is 0 Å². The Bertz CT molecular complexity index is 417. The van der Waals surface area contributed by atoms with Crippen LogP contribution in [0.5, 0.6) is 0 Å². The van der Waals surface area contributed by atoms with E-state index >= 15 is 0 Å². The minimum atomic E-state index is 0.126. The van der Waals surface area contributed by atoms with Crippen LogP contribution >= 0.6 is 0 Å². The van der Waals surface area contributed by atoms with E-state index in [9.17, 15) is 4.79 Å². The summed E-state index contributed by atoms with van der Waals surface area (Å²) >= 11 is 0. The number of carbonyl (C=O) groups excluding carboxylic acids is 1. The lowest BCUT2D eigenvalue weighted by Crippen LogP contribution is -2.57. The summed E-state index contributed by atoms with van der Waals surface area (Å²) in [4.78, 5) is 18.6. The molecular formula is C14H18N2O. The number of pyridine rings is 1. The van der Waals surface area contributed by atoms with Crippen molar-refractivity contribution in [3.63, 3.8) is 0 Å². The monoisotopic (exact) mass is 230 g/mol. The summed E-state index contributed by atoms with van der Waals surface area (Å²) in [5, 5.41) is 0. The lowest BCUT2D eigenvalue weighted by atomic mass is 9.90. The van der Waals surface area contributed by atoms with Crippen LogP contribution in [-0.4, -0.2) is 27.9 Å². The van der Waals surface area contributed by atoms with E-state index in [-0.39, 0.29) is 5.91 Å². The number of carbonyl (C=O) groups is 1. The summed E-state index contributed by atoms with van der Waals surface area (Å²) in [5.74, 6) is 0.882. The van der Waals surface area contributed by atoms with Crippen molar-refractivity contribution < 1.29 is 4.79 Å². The van der Waals surface area contributed by atoms with Gasteiger partial charge in [-0.3, -0.25) is 9.78 Å². The molecule has 1 amide bonds. The fraction of sp³-hybridized carbons (Fsp3) is 0.571. The van der Waals surface area contributed by atoms with Gasteiger partial charge in [-0.1, -0.05) is 13.0 Å². The van der Waals surface area contributed by atoms with E-state index in [1.165, 1.54) is 12.8 Å². The quantitative estimate of drug-likeness (QED) is 0.742. The van der Waals surface area contributed by atoms with Gasteiger partial charge in [0.05, 0.1) is 0 Å². The van der Waals surface area contributed by atoms with Crippen LogP contribution in [0.3, 0.4) is 0 Å². The van der Waals surface area contributed by atoms with Gasteiger partial charge in [0.1, 0.15) is 5.69 Å². The number of hydrogen-bond donors (Lipinski definition) is 0. The van der Waals surface area contributed by atoms with Gasteiger partial charge in [-0.15, -0.1) is 0 Å². The standard InChI is InChI=1S/C14H18N2O/c1-10-5-6-11-9-12(8-10)16(11)14(17)13-4-2-3-7-15-13/h2-4,7,10-12H,5-6,8-9H2,1H3. The fourth-order valence-corrected chi connectivity index (χ4v) is 3.18. The molecule has 1 aliphatic carbocycles. The van der Waals surface area contributed by atoms with Crippen LogP contribution in [0.4, 0.5) is 0 Å². The van der Waals surface area contributed by atoms with Gasteiger partial charge in [0.2, 0.25) is 0 Å². The van der Waals surface area contributed by atoms with Crippen LogP contribution in [0.2, 0.25) is 0 Å². The van der Waals surface area contributed by atoms with E-state index < -0.39 is 0 Å². The van der Waals surface area contributed by atoms with E-state index in [1.54, 1.807) is 6.20 Å². The molecule has 17 heavy (non-hydrogen) atoms. The highest BCUT2D eigenvalue weighted by Crippen LogP contribution is 2.39. The van der Waals surface area contributed by atoms with Crippen LogP contribution in [-0.2, 0) is 0 Å². The lowest BCUT2D eigenvalue weighted by molar-refractivity contribution is 0.0158. The Morgan fingerprint density at radius 1 is 1.29 bits per heavy atom. The molecule has 1 aromatic rings. The third-order valence-electron chi connectivity index (χ3n) is 4.12. The zero-order valence-electron chi connectivity index (χ0n) is 10.2. The number of hydrogen-bond acceptors (Lipinski definition) is 2. The van der Waals surface area contributed by atoms with Gasteiger partial charge < -0.3 is 4.90 Å². The average molecular weight is 230 g/mol. The first-order valence-corrected chi connectivity index (χ1v) is 6.49. The second-order valence-electron chi connectivity index (χ2n) is 5.39. The highest BCUT2D eigenvalue weighted by atomic mass is 16.2. The molecule has 3 nitrogen and oxygen atoms in total. The Labute approximate surface area is 102 Å². The zero-order valence-corrected chi connectivity index (χ0v) is 10.2. The highest BCUT2D eigenvalue weighted by molar-refractivity contribution is 5.93. The van der Waals surface area contributed by atoms with E-state index in [4.69, 9.17) is 0 Å². The average Bonchev–Trinajstić information content (AvgIpc) is 2.61. The van der Waals surface area contributed by atoms with Crippen molar-refractivity contribution in [3.05, 3.63) is 30.1 Å². The Morgan fingerprint density at radius 3 is 2.94 bits per heavy atom. The number of fused-ring (bicyclic) bond motifs is 3. The predicted octanol–water partition coefficient (Wildman–Crippen LogP) is 2.48. The molecule has 4 rings (SSSR count). The van der Waals surface area contributed by atoms with Gasteiger partial charge in [0.25, 0.3) is 5.91 Å². The molecule has 0 N–H and O–H groups in total. The van der Waals surface area contributed by atoms with Crippen LogP contribution in [0.25, 0.3) is 0 Å². The Hall–Kier alpha value is -1.38. The van der Waals surface area contributed by atoms with Crippen LogP contribution < -0.4 is 0 Å². The van der Waals surface area contributed by atoms with Crippen molar-refractivity contribution in [2.45, 2.75) is 44.7 Å². The van der Waals surface area contributed by atoms with Gasteiger partial charge in [0.15, 0.2) is 0 Å². The molecule has 2 bridgehead atoms. The second kappa shape index (κ2) is 4.13. The molecule has 1 saturated carbocycles. The molecule has 3 heterocycles. The van der Waals surface area contributed by atoms with E-state index in [0.29, 0.717) is 17.8 Å². The van der Waals surface area contributed by atoms with Crippen LogP contribution in [0.1, 0.15) is 43.1 Å². The molecule has 3 heteroatoms. The molecule has 1 aromatic heterocycles. The molecular weight excluding hydrogens is 212 g/mol. The number of amides is 1. The SMILES string of the molecule is CC1CCC2CC(C1)N2C(=O)c1ccccn1. The molecule has 3 unspecified atom stereocenters. The number of aromatic nitrogens is 1. The second-order valence-corrected chi connectivity index (χ2v) is 5.39. The minimum Gasteiger partial charge on any atom is -0.331 e. The van der Waals surface area contributed by atoms with Gasteiger partial charge in [-0.05, 0) is 43.7 Å². The van der Waals surface area contributed by atoms with Gasteiger partial charge in [-0.25, -0.2) is 0 Å². The molecule has 90 valence electrons. The number of rotatable bonds is 1. The summed E-state index contributed by atoms with van der Waals surface area (Å²) in [6, 6.07) is 6.48. The third-order valence-corrected chi connectivity index (χ3v) is 4.12. The Balaban J connectivity index is 1.80. The summed E-state index contributed by atoms with van der Waals surface area (Å²) < 4.78 is 0. The molecule has 2 aliphatic heterocycles. The lowest BCUT2D eigenvalue weighted by Gasteiger charge is -2.47. The normalized spacial score (nSPS) is 31.6. The van der Waals surface area contributed by atoms with E-state index in [2.05, 4.69) is 16.8 Å². The maximum atomic E-state index is 12.4. The topological polar surface area (TPSA) is 33.2 Å². The maximum absolute atomic E-state index is 12.4. The summed E-state index contributed by atoms with van der Waals surface area (Å²) in [5.41, 5.74) is 0.594. The van der Waals surface area contributed by atoms with Crippen molar-refractivity contribution in [2.75, 3.05) is 0 Å². The van der Waals surface area contributed by atoms with Gasteiger partial charge in [0, 0.05) is 18.3 Å². The first-order chi connectivity index (χ1) is 8.25. The van der Waals surface area contributed by atoms with Gasteiger partial charge >= 0.3 is 0 Å². The molecule has 2 saturated heterocycles. The third kappa shape index (κ3) is 1.84.